The van der Waals surface area contributed by atoms with Crippen molar-refractivity contribution in [3.63, 3.8) is 0 Å². The Hall–Kier alpha value is -3.81. The zero-order valence-corrected chi connectivity index (χ0v) is 21.4. The Bertz CT molecular complexity index is 1370. The summed E-state index contributed by atoms with van der Waals surface area (Å²) in [6.45, 7) is 6.37. The van der Waals surface area contributed by atoms with Gasteiger partial charge in [0.2, 0.25) is 5.82 Å². The van der Waals surface area contributed by atoms with Gasteiger partial charge in [0.25, 0.3) is 5.91 Å². The van der Waals surface area contributed by atoms with Crippen molar-refractivity contribution in [3.8, 4) is 16.8 Å². The average molecular weight is 496 g/mol. The summed E-state index contributed by atoms with van der Waals surface area (Å²) in [4.78, 5) is 17.8. The van der Waals surface area contributed by atoms with Crippen LogP contribution in [0.3, 0.4) is 0 Å². The number of amides is 1. The third-order valence-corrected chi connectivity index (χ3v) is 6.98. The molecular formula is C30H33N5O2. The number of primary amides is 1. The van der Waals surface area contributed by atoms with E-state index in [1.54, 1.807) is 11.6 Å². The first-order valence-electron chi connectivity index (χ1n) is 12.7. The Balaban J connectivity index is 1.21. The molecule has 2 heterocycles. The molecule has 37 heavy (non-hydrogen) atoms. The number of nitrogens with two attached hydrogens (primary N) is 1. The van der Waals surface area contributed by atoms with Crippen molar-refractivity contribution in [3.05, 3.63) is 101 Å². The quantitative estimate of drug-likeness (QED) is 0.399. The molecule has 1 aromatic heterocycles. The van der Waals surface area contributed by atoms with Crippen LogP contribution in [0, 0.1) is 6.92 Å². The van der Waals surface area contributed by atoms with Crippen LogP contribution in [0.4, 0.5) is 0 Å². The molecule has 1 fully saturated rings. The second kappa shape index (κ2) is 10.3. The van der Waals surface area contributed by atoms with Crippen molar-refractivity contribution in [1.82, 2.24) is 19.7 Å². The summed E-state index contributed by atoms with van der Waals surface area (Å²) in [6, 6.07) is 25.5. The van der Waals surface area contributed by atoms with Crippen molar-refractivity contribution < 1.29 is 9.90 Å². The van der Waals surface area contributed by atoms with Gasteiger partial charge in [-0.2, -0.15) is 0 Å². The minimum atomic E-state index is -0.634. The molecular weight excluding hydrogens is 462 g/mol. The first-order valence-corrected chi connectivity index (χ1v) is 12.7. The summed E-state index contributed by atoms with van der Waals surface area (Å²) in [6.07, 6.45) is 2.74. The molecule has 7 nitrogen and oxygen atoms in total. The smallest absolute Gasteiger partial charge is 0.288 e. The number of aromatic nitrogens is 3. The highest BCUT2D eigenvalue weighted by Gasteiger charge is 2.28. The second-order valence-electron chi connectivity index (χ2n) is 10.3. The molecule has 0 radical (unpaired) electrons. The maximum Gasteiger partial charge on any atom is 0.288 e. The van der Waals surface area contributed by atoms with Gasteiger partial charge in [0.15, 0.2) is 0 Å². The number of likely N-dealkylation sites (tertiary alicyclic amines) is 1. The minimum absolute atomic E-state index is 0.0209. The van der Waals surface area contributed by atoms with Crippen molar-refractivity contribution >= 4 is 5.91 Å². The highest BCUT2D eigenvalue weighted by Crippen LogP contribution is 2.25. The van der Waals surface area contributed by atoms with E-state index in [0.29, 0.717) is 5.82 Å². The Morgan fingerprint density at radius 3 is 2.05 bits per heavy atom. The molecule has 190 valence electrons. The number of aliphatic hydroxyl groups is 1. The van der Waals surface area contributed by atoms with Crippen LogP contribution in [-0.4, -0.2) is 49.4 Å². The van der Waals surface area contributed by atoms with Gasteiger partial charge in [0, 0.05) is 13.1 Å². The molecule has 1 aliphatic heterocycles. The monoisotopic (exact) mass is 495 g/mol. The third-order valence-electron chi connectivity index (χ3n) is 6.98. The van der Waals surface area contributed by atoms with E-state index >= 15 is 0 Å². The standard InChI is InChI=1S/C30H33N5O2/c1-21-32-29(28(31)36)33-35(21)27-14-8-23(9-15-27)18-22-4-10-25(11-5-22)26-12-6-24(7-13-26)19-34-17-3-16-30(2,37)20-34/h4-15,37H,3,16-20H2,1-2H3,(H2,31,36). The first kappa shape index (κ1) is 24.9. The van der Waals surface area contributed by atoms with E-state index in [1.165, 1.54) is 27.8 Å². The topological polar surface area (TPSA) is 97.3 Å². The third kappa shape index (κ3) is 5.96. The van der Waals surface area contributed by atoms with Gasteiger partial charge in [0.05, 0.1) is 11.3 Å². The van der Waals surface area contributed by atoms with Gasteiger partial charge in [-0.3, -0.25) is 9.69 Å². The molecule has 5 rings (SSSR count). The predicted octanol–water partition coefficient (Wildman–Crippen LogP) is 4.28. The van der Waals surface area contributed by atoms with Gasteiger partial charge >= 0.3 is 0 Å². The largest absolute Gasteiger partial charge is 0.389 e. The van der Waals surface area contributed by atoms with Crippen molar-refractivity contribution in [2.75, 3.05) is 13.1 Å². The van der Waals surface area contributed by atoms with Crippen LogP contribution >= 0.6 is 0 Å². The molecule has 3 aromatic carbocycles. The molecule has 0 aliphatic carbocycles. The Labute approximate surface area is 217 Å². The van der Waals surface area contributed by atoms with Gasteiger partial charge in [0.1, 0.15) is 5.82 Å². The van der Waals surface area contributed by atoms with Crippen LogP contribution in [0.1, 0.15) is 52.9 Å². The highest BCUT2D eigenvalue weighted by molar-refractivity contribution is 5.88. The zero-order chi connectivity index (χ0) is 26.0. The lowest BCUT2D eigenvalue weighted by Gasteiger charge is -2.36. The molecule has 1 saturated heterocycles. The van der Waals surface area contributed by atoms with Crippen molar-refractivity contribution in [1.29, 1.82) is 0 Å². The Morgan fingerprint density at radius 1 is 0.946 bits per heavy atom. The van der Waals surface area contributed by atoms with E-state index in [9.17, 15) is 9.90 Å². The molecule has 4 aromatic rings. The molecule has 1 amide bonds. The van der Waals surface area contributed by atoms with E-state index in [2.05, 4.69) is 75.6 Å². The number of carbonyl (C=O) groups is 1. The Morgan fingerprint density at radius 2 is 1.51 bits per heavy atom. The van der Waals surface area contributed by atoms with Crippen LogP contribution in [0.25, 0.3) is 16.8 Å². The number of hydrogen-bond donors (Lipinski definition) is 2. The molecule has 0 bridgehead atoms. The molecule has 7 heteroatoms. The molecule has 3 N–H and O–H groups in total. The molecule has 1 atom stereocenters. The molecule has 0 spiro atoms. The fourth-order valence-corrected chi connectivity index (χ4v) is 5.06. The van der Waals surface area contributed by atoms with Crippen LogP contribution in [-0.2, 0) is 13.0 Å². The summed E-state index contributed by atoms with van der Waals surface area (Å²) in [7, 11) is 0. The van der Waals surface area contributed by atoms with Gasteiger partial charge in [-0.15, -0.1) is 5.10 Å². The van der Waals surface area contributed by atoms with Crippen molar-refractivity contribution in [2.24, 2.45) is 5.73 Å². The van der Waals surface area contributed by atoms with Crippen LogP contribution in [0.2, 0.25) is 0 Å². The SMILES string of the molecule is Cc1nc(C(N)=O)nn1-c1ccc(Cc2ccc(-c3ccc(CN4CCCC(C)(O)C4)cc3)cc2)cc1. The van der Waals surface area contributed by atoms with Gasteiger partial charge in [-0.1, -0.05) is 60.7 Å². The van der Waals surface area contributed by atoms with E-state index in [4.69, 9.17) is 5.73 Å². The second-order valence-corrected chi connectivity index (χ2v) is 10.3. The number of rotatable bonds is 7. The van der Waals surface area contributed by atoms with Crippen LogP contribution in [0.15, 0.2) is 72.8 Å². The number of hydrogen-bond acceptors (Lipinski definition) is 5. The number of piperidine rings is 1. The number of carbonyl (C=O) groups excluding carboxylic acids is 1. The lowest BCUT2D eigenvalue weighted by molar-refractivity contribution is -0.0181. The highest BCUT2D eigenvalue weighted by atomic mass is 16.3. The number of benzene rings is 3. The zero-order valence-electron chi connectivity index (χ0n) is 21.4. The summed E-state index contributed by atoms with van der Waals surface area (Å²) < 4.78 is 1.63. The lowest BCUT2D eigenvalue weighted by atomic mass is 9.94. The molecule has 1 aliphatic rings. The summed E-state index contributed by atoms with van der Waals surface area (Å²) in [5.74, 6) is 0.00266. The molecule has 1 unspecified atom stereocenters. The number of nitrogens with zero attached hydrogens (tertiary/aromatic N) is 4. The van der Waals surface area contributed by atoms with E-state index in [0.717, 1.165) is 44.6 Å². The van der Waals surface area contributed by atoms with E-state index < -0.39 is 11.5 Å². The van der Waals surface area contributed by atoms with E-state index in [1.807, 2.05) is 19.1 Å². The van der Waals surface area contributed by atoms with E-state index in [-0.39, 0.29) is 5.82 Å². The maximum absolute atomic E-state index is 11.4. The molecule has 0 saturated carbocycles. The van der Waals surface area contributed by atoms with Crippen LogP contribution in [0.5, 0.6) is 0 Å². The van der Waals surface area contributed by atoms with Crippen LogP contribution < -0.4 is 5.73 Å². The van der Waals surface area contributed by atoms with Gasteiger partial charge in [-0.05, 0) is 79.6 Å². The fourth-order valence-electron chi connectivity index (χ4n) is 5.06. The number of aryl methyl sites for hydroxylation is 1. The van der Waals surface area contributed by atoms with Gasteiger partial charge < -0.3 is 10.8 Å². The predicted molar refractivity (Wildman–Crippen MR) is 144 cm³/mol. The average Bonchev–Trinajstić information content (AvgIpc) is 3.27. The number of β-amino-alcohol motifs (C(OH)–C–C–N with tert-alkyl or cyclic N) is 1. The fraction of sp³-hybridized carbons (Fsp3) is 0.300. The van der Waals surface area contributed by atoms with Gasteiger partial charge in [-0.25, -0.2) is 9.67 Å². The normalized spacial score (nSPS) is 18.1. The first-order chi connectivity index (χ1) is 17.8. The summed E-state index contributed by atoms with van der Waals surface area (Å²) in [5.41, 5.74) is 11.6. The maximum atomic E-state index is 11.4. The summed E-state index contributed by atoms with van der Waals surface area (Å²) >= 11 is 0. The lowest BCUT2D eigenvalue weighted by Crippen LogP contribution is -2.45. The Kier molecular flexibility index (Phi) is 6.91. The van der Waals surface area contributed by atoms with Crippen molar-refractivity contribution in [2.45, 2.75) is 45.3 Å². The minimum Gasteiger partial charge on any atom is -0.389 e. The summed E-state index contributed by atoms with van der Waals surface area (Å²) in [5, 5.41) is 14.5.